The fraction of sp³-hybridized carbons (Fsp3) is 0.500. The van der Waals surface area contributed by atoms with Gasteiger partial charge in [0.05, 0.1) is 6.54 Å². The van der Waals surface area contributed by atoms with E-state index in [1.807, 2.05) is 0 Å². The lowest BCUT2D eigenvalue weighted by molar-refractivity contribution is -0.116. The molecule has 0 aliphatic carbocycles. The van der Waals surface area contributed by atoms with Gasteiger partial charge in [-0.2, -0.15) is 0 Å². The number of carbonyl (C=O) groups excluding carboxylic acids is 1. The van der Waals surface area contributed by atoms with Crippen molar-refractivity contribution in [1.29, 1.82) is 0 Å². The number of nitrogens with one attached hydrogen (secondary N) is 1. The summed E-state index contributed by atoms with van der Waals surface area (Å²) in [6, 6.07) is 8.76. The Morgan fingerprint density at radius 3 is 2.19 bits per heavy atom. The molecule has 88 valence electrons. The van der Waals surface area contributed by atoms with Gasteiger partial charge in [-0.15, -0.1) is 0 Å². The number of Topliss-reactive ketones (excluding diaryl/α,β-unsaturated/α-hetero) is 1. The second-order valence-electron chi connectivity index (χ2n) is 4.20. The first-order chi connectivity index (χ1) is 7.72. The van der Waals surface area contributed by atoms with Crippen molar-refractivity contribution in [1.82, 2.24) is 5.32 Å². The van der Waals surface area contributed by atoms with Crippen LogP contribution in [0.3, 0.4) is 0 Å². The highest BCUT2D eigenvalue weighted by atomic mass is 16.1. The van der Waals surface area contributed by atoms with Gasteiger partial charge in [0.25, 0.3) is 0 Å². The quantitative estimate of drug-likeness (QED) is 0.713. The molecule has 0 atom stereocenters. The van der Waals surface area contributed by atoms with Crippen LogP contribution in [0, 0.1) is 0 Å². The topological polar surface area (TPSA) is 29.1 Å². The normalized spacial score (nSPS) is 10.4. The van der Waals surface area contributed by atoms with Gasteiger partial charge in [0.1, 0.15) is 5.78 Å². The molecule has 0 unspecified atom stereocenters. The summed E-state index contributed by atoms with van der Waals surface area (Å²) in [7, 11) is 0. The molecule has 0 aliphatic rings. The van der Waals surface area contributed by atoms with Crippen molar-refractivity contribution in [3.8, 4) is 0 Å². The Kier molecular flexibility index (Phi) is 5.79. The van der Waals surface area contributed by atoms with E-state index >= 15 is 0 Å². The molecule has 0 radical (unpaired) electrons. The third-order valence-corrected chi connectivity index (χ3v) is 2.53. The minimum Gasteiger partial charge on any atom is -0.310 e. The molecule has 0 bridgehead atoms. The molecular formula is C14H21NO. The van der Waals surface area contributed by atoms with Crippen molar-refractivity contribution in [2.45, 2.75) is 33.1 Å². The molecule has 0 aromatic heterocycles. The minimum atomic E-state index is 0.193. The highest BCUT2D eigenvalue weighted by molar-refractivity contribution is 5.77. The fourth-order valence-electron chi connectivity index (χ4n) is 1.66. The Bertz CT molecular complexity index is 316. The fourth-order valence-corrected chi connectivity index (χ4v) is 1.66. The molecule has 0 spiro atoms. The zero-order valence-corrected chi connectivity index (χ0v) is 10.3. The summed E-state index contributed by atoms with van der Waals surface area (Å²) < 4.78 is 0. The lowest BCUT2D eigenvalue weighted by atomic mass is 10.1. The lowest BCUT2D eigenvalue weighted by Gasteiger charge is -2.04. The van der Waals surface area contributed by atoms with Gasteiger partial charge in [-0.1, -0.05) is 37.6 Å². The highest BCUT2D eigenvalue weighted by Crippen LogP contribution is 2.06. The Labute approximate surface area is 98.1 Å². The van der Waals surface area contributed by atoms with Gasteiger partial charge in [-0.25, -0.2) is 0 Å². The van der Waals surface area contributed by atoms with E-state index in [4.69, 9.17) is 0 Å². The second-order valence-corrected chi connectivity index (χ2v) is 4.20. The van der Waals surface area contributed by atoms with Gasteiger partial charge in [0, 0.05) is 0 Å². The first kappa shape index (κ1) is 12.9. The van der Waals surface area contributed by atoms with Crippen molar-refractivity contribution in [2.75, 3.05) is 13.1 Å². The Balaban J connectivity index is 2.29. The van der Waals surface area contributed by atoms with Crippen LogP contribution in [-0.4, -0.2) is 18.9 Å². The number of rotatable bonds is 7. The number of hydrogen-bond acceptors (Lipinski definition) is 2. The summed E-state index contributed by atoms with van der Waals surface area (Å²) in [4.78, 5) is 10.7. The van der Waals surface area contributed by atoms with Crippen LogP contribution in [0.4, 0.5) is 0 Å². The molecule has 0 saturated carbocycles. The maximum atomic E-state index is 10.7. The van der Waals surface area contributed by atoms with Crippen LogP contribution in [0.15, 0.2) is 24.3 Å². The van der Waals surface area contributed by atoms with E-state index in [9.17, 15) is 4.79 Å². The summed E-state index contributed by atoms with van der Waals surface area (Å²) in [5.41, 5.74) is 2.74. The number of hydrogen-bond donors (Lipinski definition) is 1. The van der Waals surface area contributed by atoms with E-state index < -0.39 is 0 Å². The largest absolute Gasteiger partial charge is 0.310 e. The molecule has 0 aliphatic heterocycles. The van der Waals surface area contributed by atoms with Crippen LogP contribution in [-0.2, 0) is 17.6 Å². The van der Waals surface area contributed by atoms with E-state index in [1.165, 1.54) is 17.5 Å². The monoisotopic (exact) mass is 219 g/mol. The first-order valence-corrected chi connectivity index (χ1v) is 6.00. The molecule has 0 fully saturated rings. The van der Waals surface area contributed by atoms with Gasteiger partial charge in [-0.05, 0) is 37.4 Å². The predicted molar refractivity (Wildman–Crippen MR) is 67.7 cm³/mol. The Hall–Kier alpha value is -1.15. The van der Waals surface area contributed by atoms with Crippen molar-refractivity contribution < 1.29 is 4.79 Å². The summed E-state index contributed by atoms with van der Waals surface area (Å²) in [6.45, 7) is 5.15. The zero-order valence-electron chi connectivity index (χ0n) is 10.3. The van der Waals surface area contributed by atoms with Gasteiger partial charge in [-0.3, -0.25) is 4.79 Å². The molecule has 2 nitrogen and oxygen atoms in total. The molecule has 0 saturated heterocycles. The van der Waals surface area contributed by atoms with Gasteiger partial charge < -0.3 is 5.32 Å². The van der Waals surface area contributed by atoms with Crippen molar-refractivity contribution in [3.63, 3.8) is 0 Å². The maximum Gasteiger partial charge on any atom is 0.143 e. The average Bonchev–Trinajstić information content (AvgIpc) is 2.27. The molecule has 0 heterocycles. The summed E-state index contributed by atoms with van der Waals surface area (Å²) in [6.07, 6.45) is 3.34. The number of ketones is 1. The van der Waals surface area contributed by atoms with Crippen LogP contribution < -0.4 is 5.32 Å². The summed E-state index contributed by atoms with van der Waals surface area (Å²) >= 11 is 0. The highest BCUT2D eigenvalue weighted by Gasteiger charge is 1.95. The van der Waals surface area contributed by atoms with E-state index in [-0.39, 0.29) is 5.78 Å². The molecule has 0 amide bonds. The molecule has 1 N–H and O–H groups in total. The second kappa shape index (κ2) is 7.18. The van der Waals surface area contributed by atoms with Crippen LogP contribution in [0.5, 0.6) is 0 Å². The van der Waals surface area contributed by atoms with Gasteiger partial charge in [0.2, 0.25) is 0 Å². The number of benzene rings is 1. The van der Waals surface area contributed by atoms with E-state index in [0.717, 1.165) is 19.4 Å². The van der Waals surface area contributed by atoms with Gasteiger partial charge >= 0.3 is 0 Å². The van der Waals surface area contributed by atoms with Crippen molar-refractivity contribution in [3.05, 3.63) is 35.4 Å². The number of carbonyl (C=O) groups is 1. The number of aryl methyl sites for hydroxylation is 1. The average molecular weight is 219 g/mol. The molecule has 1 aromatic carbocycles. The standard InChI is InChI=1S/C14H21NO/c1-3-4-13-5-7-14(8-6-13)9-10-15-11-12(2)16/h5-8,15H,3-4,9-11H2,1-2H3. The molecule has 2 heteroatoms. The molecule has 1 rings (SSSR count). The predicted octanol–water partition coefficient (Wildman–Crippen LogP) is 2.36. The van der Waals surface area contributed by atoms with Crippen LogP contribution >= 0.6 is 0 Å². The Morgan fingerprint density at radius 2 is 1.69 bits per heavy atom. The van der Waals surface area contributed by atoms with Gasteiger partial charge in [0.15, 0.2) is 0 Å². The third kappa shape index (κ3) is 5.08. The SMILES string of the molecule is CCCc1ccc(CCNCC(C)=O)cc1. The summed E-state index contributed by atoms with van der Waals surface area (Å²) in [5, 5.41) is 3.12. The molecular weight excluding hydrogens is 198 g/mol. The van der Waals surface area contributed by atoms with Crippen LogP contribution in [0.1, 0.15) is 31.4 Å². The molecule has 1 aromatic rings. The van der Waals surface area contributed by atoms with Crippen LogP contribution in [0.2, 0.25) is 0 Å². The van der Waals surface area contributed by atoms with Crippen molar-refractivity contribution >= 4 is 5.78 Å². The van der Waals surface area contributed by atoms with E-state index in [1.54, 1.807) is 6.92 Å². The Morgan fingerprint density at radius 1 is 1.12 bits per heavy atom. The third-order valence-electron chi connectivity index (χ3n) is 2.53. The van der Waals surface area contributed by atoms with Crippen LogP contribution in [0.25, 0.3) is 0 Å². The lowest BCUT2D eigenvalue weighted by Crippen LogP contribution is -2.23. The van der Waals surface area contributed by atoms with E-state index in [0.29, 0.717) is 6.54 Å². The smallest absolute Gasteiger partial charge is 0.143 e. The zero-order chi connectivity index (χ0) is 11.8. The van der Waals surface area contributed by atoms with Crippen molar-refractivity contribution in [2.24, 2.45) is 0 Å². The maximum absolute atomic E-state index is 10.7. The first-order valence-electron chi connectivity index (χ1n) is 6.00. The molecule has 16 heavy (non-hydrogen) atoms. The van der Waals surface area contributed by atoms with E-state index in [2.05, 4.69) is 36.5 Å². The summed E-state index contributed by atoms with van der Waals surface area (Å²) in [5.74, 6) is 0.193. The minimum absolute atomic E-state index is 0.193.